The molecular formula is C17H27N3O2. The lowest BCUT2D eigenvalue weighted by Crippen LogP contribution is -2.44. The summed E-state index contributed by atoms with van der Waals surface area (Å²) < 4.78 is 0. The van der Waals surface area contributed by atoms with E-state index in [2.05, 4.69) is 0 Å². The molecular weight excluding hydrogens is 278 g/mol. The molecule has 2 unspecified atom stereocenters. The van der Waals surface area contributed by atoms with Gasteiger partial charge in [0.1, 0.15) is 0 Å². The Kier molecular flexibility index (Phi) is 7.05. The van der Waals surface area contributed by atoms with Gasteiger partial charge in [0.05, 0.1) is 12.5 Å². The van der Waals surface area contributed by atoms with Crippen LogP contribution in [0.3, 0.4) is 0 Å². The van der Waals surface area contributed by atoms with Crippen molar-refractivity contribution in [3.8, 4) is 0 Å². The van der Waals surface area contributed by atoms with E-state index in [1.807, 2.05) is 44.2 Å². The fraction of sp³-hybridized carbons (Fsp3) is 0.529. The normalized spacial score (nSPS) is 13.3. The number of benzene rings is 1. The van der Waals surface area contributed by atoms with Gasteiger partial charge < -0.3 is 15.5 Å². The topological polar surface area (TPSA) is 66.6 Å². The number of nitrogens with zero attached hydrogens (tertiary/aromatic N) is 2. The van der Waals surface area contributed by atoms with E-state index in [1.165, 1.54) is 4.90 Å². The minimum absolute atomic E-state index is 0.0404. The summed E-state index contributed by atoms with van der Waals surface area (Å²) in [6.45, 7) is 7.05. The van der Waals surface area contributed by atoms with E-state index in [-0.39, 0.29) is 30.3 Å². The summed E-state index contributed by atoms with van der Waals surface area (Å²) in [5, 5.41) is 0. The van der Waals surface area contributed by atoms with E-state index in [9.17, 15) is 9.59 Å². The van der Waals surface area contributed by atoms with Gasteiger partial charge in [0.15, 0.2) is 0 Å². The van der Waals surface area contributed by atoms with Crippen molar-refractivity contribution in [1.82, 2.24) is 9.80 Å². The standard InChI is InChI=1S/C17H27N3O2/c1-5-20(6-2)15(21)12-19(4)17(22)13(3)16(18)14-10-8-7-9-11-14/h7-11,13,16H,5-6,12,18H2,1-4H3. The predicted octanol–water partition coefficient (Wildman–Crippen LogP) is 1.65. The zero-order valence-corrected chi connectivity index (χ0v) is 14.0. The van der Waals surface area contributed by atoms with Gasteiger partial charge in [-0.25, -0.2) is 0 Å². The Bertz CT molecular complexity index is 486. The van der Waals surface area contributed by atoms with Crippen molar-refractivity contribution in [1.29, 1.82) is 0 Å². The van der Waals surface area contributed by atoms with E-state index >= 15 is 0 Å². The number of nitrogens with two attached hydrogens (primary N) is 1. The highest BCUT2D eigenvalue weighted by atomic mass is 16.2. The number of hydrogen-bond acceptors (Lipinski definition) is 3. The monoisotopic (exact) mass is 305 g/mol. The zero-order valence-electron chi connectivity index (χ0n) is 14.0. The third-order valence-corrected chi connectivity index (χ3v) is 3.98. The van der Waals surface area contributed by atoms with Crippen LogP contribution in [0.2, 0.25) is 0 Å². The average Bonchev–Trinajstić information content (AvgIpc) is 2.54. The molecule has 5 heteroatoms. The maximum atomic E-state index is 12.5. The van der Waals surface area contributed by atoms with Crippen LogP contribution in [0.15, 0.2) is 30.3 Å². The summed E-state index contributed by atoms with van der Waals surface area (Å²) in [7, 11) is 1.65. The van der Waals surface area contributed by atoms with Crippen molar-refractivity contribution in [3.05, 3.63) is 35.9 Å². The minimum Gasteiger partial charge on any atom is -0.342 e. The Labute approximate surface area is 133 Å². The second kappa shape index (κ2) is 8.54. The quantitative estimate of drug-likeness (QED) is 0.833. The summed E-state index contributed by atoms with van der Waals surface area (Å²) in [6, 6.07) is 9.17. The molecule has 1 aromatic carbocycles. The van der Waals surface area contributed by atoms with Gasteiger partial charge in [0.25, 0.3) is 0 Å². The molecule has 0 saturated heterocycles. The molecule has 0 aliphatic rings. The molecule has 0 fully saturated rings. The van der Waals surface area contributed by atoms with Crippen LogP contribution < -0.4 is 5.73 Å². The number of hydrogen-bond donors (Lipinski definition) is 1. The number of carbonyl (C=O) groups excluding carboxylic acids is 2. The van der Waals surface area contributed by atoms with Gasteiger partial charge in [-0.2, -0.15) is 0 Å². The Morgan fingerprint density at radius 3 is 2.18 bits per heavy atom. The van der Waals surface area contributed by atoms with E-state index in [4.69, 9.17) is 5.73 Å². The second-order valence-electron chi connectivity index (χ2n) is 5.49. The molecule has 2 N–H and O–H groups in total. The van der Waals surface area contributed by atoms with E-state index in [1.54, 1.807) is 18.9 Å². The summed E-state index contributed by atoms with van der Waals surface area (Å²) in [5.41, 5.74) is 7.10. The van der Waals surface area contributed by atoms with E-state index in [0.717, 1.165) is 5.56 Å². The van der Waals surface area contributed by atoms with Crippen LogP contribution in [0.4, 0.5) is 0 Å². The lowest BCUT2D eigenvalue weighted by atomic mass is 9.94. The highest BCUT2D eigenvalue weighted by Crippen LogP contribution is 2.20. The Morgan fingerprint density at radius 2 is 1.68 bits per heavy atom. The van der Waals surface area contributed by atoms with Crippen LogP contribution in [-0.2, 0) is 9.59 Å². The van der Waals surface area contributed by atoms with Crippen molar-refractivity contribution in [2.24, 2.45) is 11.7 Å². The van der Waals surface area contributed by atoms with Crippen LogP contribution >= 0.6 is 0 Å². The summed E-state index contributed by atoms with van der Waals surface area (Å²) in [6.07, 6.45) is 0. The number of likely N-dealkylation sites (N-methyl/N-ethyl adjacent to an activating group) is 2. The first-order valence-corrected chi connectivity index (χ1v) is 7.75. The van der Waals surface area contributed by atoms with Crippen molar-refractivity contribution in [3.63, 3.8) is 0 Å². The van der Waals surface area contributed by atoms with Gasteiger partial charge in [-0.05, 0) is 19.4 Å². The lowest BCUT2D eigenvalue weighted by molar-refractivity contribution is -0.141. The molecule has 5 nitrogen and oxygen atoms in total. The van der Waals surface area contributed by atoms with Crippen molar-refractivity contribution < 1.29 is 9.59 Å². The smallest absolute Gasteiger partial charge is 0.242 e. The molecule has 0 bridgehead atoms. The Morgan fingerprint density at radius 1 is 1.14 bits per heavy atom. The number of carbonyl (C=O) groups is 2. The van der Waals surface area contributed by atoms with Crippen LogP contribution in [0.25, 0.3) is 0 Å². The highest BCUT2D eigenvalue weighted by molar-refractivity contribution is 5.86. The van der Waals surface area contributed by atoms with Gasteiger partial charge in [-0.15, -0.1) is 0 Å². The van der Waals surface area contributed by atoms with Crippen molar-refractivity contribution in [2.45, 2.75) is 26.8 Å². The lowest BCUT2D eigenvalue weighted by Gasteiger charge is -2.27. The zero-order chi connectivity index (χ0) is 16.7. The molecule has 0 spiro atoms. The molecule has 0 aliphatic heterocycles. The molecule has 2 amide bonds. The third-order valence-electron chi connectivity index (χ3n) is 3.98. The van der Waals surface area contributed by atoms with Gasteiger partial charge in [0, 0.05) is 26.2 Å². The summed E-state index contributed by atoms with van der Waals surface area (Å²) in [5.74, 6) is -0.532. The highest BCUT2D eigenvalue weighted by Gasteiger charge is 2.26. The van der Waals surface area contributed by atoms with E-state index < -0.39 is 0 Å². The SMILES string of the molecule is CCN(CC)C(=O)CN(C)C(=O)C(C)C(N)c1ccccc1. The second-order valence-corrected chi connectivity index (χ2v) is 5.49. The van der Waals surface area contributed by atoms with Gasteiger partial charge in [-0.3, -0.25) is 9.59 Å². The largest absolute Gasteiger partial charge is 0.342 e. The molecule has 0 saturated carbocycles. The molecule has 22 heavy (non-hydrogen) atoms. The molecule has 122 valence electrons. The molecule has 0 radical (unpaired) electrons. The molecule has 0 aliphatic carbocycles. The fourth-order valence-corrected chi connectivity index (χ4v) is 2.42. The Hall–Kier alpha value is -1.88. The van der Waals surface area contributed by atoms with Crippen LogP contribution in [0, 0.1) is 5.92 Å². The third kappa shape index (κ3) is 4.56. The average molecular weight is 305 g/mol. The van der Waals surface area contributed by atoms with E-state index in [0.29, 0.717) is 13.1 Å². The minimum atomic E-state index is -0.378. The Balaban J connectivity index is 2.68. The fourth-order valence-electron chi connectivity index (χ4n) is 2.42. The van der Waals surface area contributed by atoms with Gasteiger partial charge in [-0.1, -0.05) is 37.3 Å². The van der Waals surface area contributed by atoms with Crippen molar-refractivity contribution in [2.75, 3.05) is 26.7 Å². The van der Waals surface area contributed by atoms with Crippen molar-refractivity contribution >= 4 is 11.8 Å². The maximum Gasteiger partial charge on any atom is 0.242 e. The first-order chi connectivity index (χ1) is 10.4. The first-order valence-electron chi connectivity index (χ1n) is 7.75. The van der Waals surface area contributed by atoms with Crippen LogP contribution in [-0.4, -0.2) is 48.3 Å². The number of rotatable bonds is 7. The molecule has 1 rings (SSSR count). The van der Waals surface area contributed by atoms with Crippen LogP contribution in [0.1, 0.15) is 32.4 Å². The molecule has 0 aromatic heterocycles. The molecule has 1 aromatic rings. The van der Waals surface area contributed by atoms with Gasteiger partial charge >= 0.3 is 0 Å². The van der Waals surface area contributed by atoms with Gasteiger partial charge in [0.2, 0.25) is 11.8 Å². The summed E-state index contributed by atoms with van der Waals surface area (Å²) in [4.78, 5) is 27.7. The molecule has 0 heterocycles. The van der Waals surface area contributed by atoms with Crippen LogP contribution in [0.5, 0.6) is 0 Å². The number of amides is 2. The predicted molar refractivity (Wildman–Crippen MR) is 88.1 cm³/mol. The maximum absolute atomic E-state index is 12.5. The molecule has 2 atom stereocenters. The first kappa shape index (κ1) is 18.2. The summed E-state index contributed by atoms with van der Waals surface area (Å²) >= 11 is 0.